The van der Waals surface area contributed by atoms with Crippen LogP contribution in [0.2, 0.25) is 0 Å². The quantitative estimate of drug-likeness (QED) is 0.252. The summed E-state index contributed by atoms with van der Waals surface area (Å²) in [6.07, 6.45) is -1.04. The van der Waals surface area contributed by atoms with Crippen LogP contribution in [-0.4, -0.2) is 78.3 Å². The Hall–Kier alpha value is -3.02. The van der Waals surface area contributed by atoms with Gasteiger partial charge in [-0.3, -0.25) is 24.6 Å². The number of carbonyl (C=O) groups excluding carboxylic acids is 4. The molecular formula is C23H31N3O8. The fourth-order valence-corrected chi connectivity index (χ4v) is 3.84. The molecule has 3 N–H and O–H groups in total. The topological polar surface area (TPSA) is 144 Å². The van der Waals surface area contributed by atoms with Crippen LogP contribution in [-0.2, 0) is 28.6 Å². The lowest BCUT2D eigenvalue weighted by Gasteiger charge is -2.32. The van der Waals surface area contributed by atoms with Crippen molar-refractivity contribution >= 4 is 29.4 Å². The van der Waals surface area contributed by atoms with E-state index in [1.165, 1.54) is 0 Å². The highest BCUT2D eigenvalue weighted by atomic mass is 16.6. The maximum absolute atomic E-state index is 12.9. The number of benzene rings is 1. The molecule has 0 bridgehead atoms. The average molecular weight is 478 g/mol. The van der Waals surface area contributed by atoms with Gasteiger partial charge in [-0.2, -0.15) is 0 Å². The van der Waals surface area contributed by atoms with E-state index in [-0.39, 0.29) is 32.7 Å². The Morgan fingerprint density at radius 3 is 2.62 bits per heavy atom. The van der Waals surface area contributed by atoms with Gasteiger partial charge in [0.1, 0.15) is 18.2 Å². The molecule has 2 unspecified atom stereocenters. The molecule has 2 heterocycles. The predicted octanol–water partition coefficient (Wildman–Crippen LogP) is 0.725. The molecule has 1 aromatic carbocycles. The van der Waals surface area contributed by atoms with Gasteiger partial charge >= 0.3 is 5.97 Å². The molecule has 1 aromatic rings. The fourth-order valence-electron chi connectivity index (χ4n) is 3.84. The van der Waals surface area contributed by atoms with Crippen molar-refractivity contribution in [3.63, 3.8) is 0 Å². The van der Waals surface area contributed by atoms with Crippen molar-refractivity contribution < 1.29 is 38.5 Å². The van der Waals surface area contributed by atoms with Gasteiger partial charge in [-0.05, 0) is 39.3 Å². The normalized spacial score (nSPS) is 20.2. The van der Waals surface area contributed by atoms with Gasteiger partial charge in [0.25, 0.3) is 5.91 Å². The first-order valence-corrected chi connectivity index (χ1v) is 11.2. The number of aliphatic hydroxyl groups excluding tert-OH is 1. The van der Waals surface area contributed by atoms with Crippen LogP contribution < -0.4 is 10.6 Å². The molecule has 1 fully saturated rings. The van der Waals surface area contributed by atoms with E-state index in [0.29, 0.717) is 30.0 Å². The van der Waals surface area contributed by atoms with E-state index in [2.05, 4.69) is 10.6 Å². The third kappa shape index (κ3) is 6.31. The monoisotopic (exact) mass is 477 g/mol. The van der Waals surface area contributed by atoms with E-state index in [1.807, 2.05) is 0 Å². The summed E-state index contributed by atoms with van der Waals surface area (Å²) in [4.78, 5) is 49.2. The molecule has 0 radical (unpaired) electrons. The van der Waals surface area contributed by atoms with Gasteiger partial charge in [0, 0.05) is 29.8 Å². The van der Waals surface area contributed by atoms with Crippen molar-refractivity contribution in [2.75, 3.05) is 38.3 Å². The summed E-state index contributed by atoms with van der Waals surface area (Å²) in [5, 5.41) is 16.2. The molecule has 11 heteroatoms. The lowest BCUT2D eigenvalue weighted by molar-refractivity contribution is -0.160. The molecule has 186 valence electrons. The molecular weight excluding hydrogens is 446 g/mol. The minimum atomic E-state index is -1.31. The van der Waals surface area contributed by atoms with E-state index in [4.69, 9.17) is 14.2 Å². The third-order valence-corrected chi connectivity index (χ3v) is 5.21. The molecule has 1 saturated heterocycles. The van der Waals surface area contributed by atoms with Gasteiger partial charge in [0.05, 0.1) is 19.8 Å². The fraction of sp³-hybridized carbons (Fsp3) is 0.565. The summed E-state index contributed by atoms with van der Waals surface area (Å²) < 4.78 is 15.9. The van der Waals surface area contributed by atoms with Gasteiger partial charge in [0.15, 0.2) is 6.23 Å². The number of hydrogen-bond acceptors (Lipinski definition) is 9. The Labute approximate surface area is 197 Å². The van der Waals surface area contributed by atoms with Crippen LogP contribution in [0, 0.1) is 0 Å². The van der Waals surface area contributed by atoms with Crippen molar-refractivity contribution in [3.05, 3.63) is 29.3 Å². The number of amides is 3. The summed E-state index contributed by atoms with van der Waals surface area (Å²) in [6, 6.07) is 4.10. The van der Waals surface area contributed by atoms with Gasteiger partial charge < -0.3 is 24.6 Å². The number of piperidine rings is 1. The molecule has 0 aliphatic carbocycles. The smallest absolute Gasteiger partial charge is 0.332 e. The van der Waals surface area contributed by atoms with E-state index in [1.54, 1.807) is 39.0 Å². The number of rotatable bonds is 10. The zero-order valence-electron chi connectivity index (χ0n) is 19.6. The summed E-state index contributed by atoms with van der Waals surface area (Å²) in [6.45, 7) is 6.42. The minimum absolute atomic E-state index is 0.104. The second kappa shape index (κ2) is 10.9. The molecule has 3 amide bonds. The van der Waals surface area contributed by atoms with Crippen LogP contribution in [0.3, 0.4) is 0 Å². The molecule has 2 aliphatic heterocycles. The predicted molar refractivity (Wildman–Crippen MR) is 120 cm³/mol. The number of carbonyl (C=O) groups is 4. The van der Waals surface area contributed by atoms with Crippen LogP contribution in [0.1, 0.15) is 55.8 Å². The van der Waals surface area contributed by atoms with E-state index in [0.717, 1.165) is 4.90 Å². The van der Waals surface area contributed by atoms with Gasteiger partial charge in [-0.25, -0.2) is 4.79 Å². The van der Waals surface area contributed by atoms with Crippen LogP contribution in [0.4, 0.5) is 5.69 Å². The first-order chi connectivity index (χ1) is 16.1. The number of anilines is 1. The molecule has 2 aliphatic rings. The number of esters is 1. The summed E-state index contributed by atoms with van der Waals surface area (Å²) in [7, 11) is 0. The summed E-state index contributed by atoms with van der Waals surface area (Å²) in [5.41, 5.74) is 0.687. The largest absolute Gasteiger partial charge is 0.458 e. The van der Waals surface area contributed by atoms with Crippen LogP contribution in [0.15, 0.2) is 18.2 Å². The van der Waals surface area contributed by atoms with Crippen LogP contribution >= 0.6 is 0 Å². The second-order valence-corrected chi connectivity index (χ2v) is 9.00. The molecule has 3 rings (SSSR count). The molecule has 11 nitrogen and oxygen atoms in total. The van der Waals surface area contributed by atoms with E-state index >= 15 is 0 Å². The Kier molecular flexibility index (Phi) is 8.24. The number of fused-ring (bicyclic) bond motifs is 1. The lowest BCUT2D eigenvalue weighted by atomic mass is 10.0. The molecule has 0 saturated carbocycles. The van der Waals surface area contributed by atoms with Crippen LogP contribution in [0.5, 0.6) is 0 Å². The molecule has 2 atom stereocenters. The first kappa shape index (κ1) is 25.6. The van der Waals surface area contributed by atoms with Crippen molar-refractivity contribution in [2.45, 2.75) is 51.5 Å². The Balaban J connectivity index is 1.45. The summed E-state index contributed by atoms with van der Waals surface area (Å²) in [5.74, 6) is -1.88. The number of imide groups is 1. The highest BCUT2D eigenvalue weighted by molar-refractivity contribution is 6.06. The van der Waals surface area contributed by atoms with Gasteiger partial charge in [-0.1, -0.05) is 6.07 Å². The Morgan fingerprint density at radius 2 is 1.91 bits per heavy atom. The Morgan fingerprint density at radius 1 is 1.18 bits per heavy atom. The van der Waals surface area contributed by atoms with Crippen LogP contribution in [0.25, 0.3) is 0 Å². The van der Waals surface area contributed by atoms with E-state index < -0.39 is 41.6 Å². The van der Waals surface area contributed by atoms with Crippen molar-refractivity contribution in [1.82, 2.24) is 10.2 Å². The number of nitrogens with zero attached hydrogens (tertiary/aromatic N) is 1. The number of aliphatic hydroxyl groups is 1. The highest BCUT2D eigenvalue weighted by Crippen LogP contribution is 2.39. The number of hydrogen-bond donors (Lipinski definition) is 3. The first-order valence-electron chi connectivity index (χ1n) is 11.2. The number of nitrogens with one attached hydrogen (secondary N) is 2. The van der Waals surface area contributed by atoms with Gasteiger partial charge in [-0.15, -0.1) is 0 Å². The zero-order valence-corrected chi connectivity index (χ0v) is 19.6. The third-order valence-electron chi connectivity index (χ3n) is 5.21. The molecule has 0 aromatic heterocycles. The maximum atomic E-state index is 12.9. The lowest BCUT2D eigenvalue weighted by Crippen LogP contribution is -2.53. The SMILES string of the molecule is CC(C)(C)OC(=O)COCCOCCNc1cccc2c1C(O)N(C1CCC(=O)NC1=O)C2=O. The minimum Gasteiger partial charge on any atom is -0.458 e. The highest BCUT2D eigenvalue weighted by Gasteiger charge is 2.45. The average Bonchev–Trinajstić information content (AvgIpc) is 3.00. The number of ether oxygens (including phenoxy) is 3. The second-order valence-electron chi connectivity index (χ2n) is 9.00. The zero-order chi connectivity index (χ0) is 24.9. The standard InChI is InChI=1S/C23H31N3O8/c1-23(2,3)34-18(28)13-33-12-11-32-10-9-24-15-6-4-5-14-19(15)22(31)26(21(14)30)16-7-8-17(27)25-20(16)29/h4-6,16,22,24,31H,7-13H2,1-3H3,(H,25,27,29). The van der Waals surface area contributed by atoms with Crippen molar-refractivity contribution in [2.24, 2.45) is 0 Å². The molecule has 34 heavy (non-hydrogen) atoms. The summed E-state index contributed by atoms with van der Waals surface area (Å²) >= 11 is 0. The maximum Gasteiger partial charge on any atom is 0.332 e. The van der Waals surface area contributed by atoms with Gasteiger partial charge in [0.2, 0.25) is 11.8 Å². The molecule has 0 spiro atoms. The van der Waals surface area contributed by atoms with Crippen molar-refractivity contribution in [1.29, 1.82) is 0 Å². The van der Waals surface area contributed by atoms with Crippen molar-refractivity contribution in [3.8, 4) is 0 Å². The Bertz CT molecular complexity index is 943. The van der Waals surface area contributed by atoms with E-state index in [9.17, 15) is 24.3 Å².